The minimum atomic E-state index is -0.470. The quantitative estimate of drug-likeness (QED) is 0.804. The van der Waals surface area contributed by atoms with Crippen molar-refractivity contribution >= 4 is 11.8 Å². The Kier molecular flexibility index (Phi) is 5.73. The highest BCUT2D eigenvalue weighted by Gasteiger charge is 2.29. The zero-order valence-corrected chi connectivity index (χ0v) is 15.9. The summed E-state index contributed by atoms with van der Waals surface area (Å²) in [4.78, 5) is 38.2. The van der Waals surface area contributed by atoms with Gasteiger partial charge >= 0.3 is 0 Å². The number of ether oxygens (including phenoxy) is 1. The Balaban J connectivity index is 1.74. The lowest BCUT2D eigenvalue weighted by atomic mass is 10.1. The average Bonchev–Trinajstić information content (AvgIpc) is 3.10. The van der Waals surface area contributed by atoms with Crippen molar-refractivity contribution < 1.29 is 14.3 Å². The van der Waals surface area contributed by atoms with Crippen LogP contribution in [0.15, 0.2) is 18.3 Å². The molecule has 0 radical (unpaired) electrons. The van der Waals surface area contributed by atoms with Crippen molar-refractivity contribution in [3.63, 3.8) is 0 Å². The first-order chi connectivity index (χ1) is 13.0. The second-order valence-corrected chi connectivity index (χ2v) is 6.65. The molecule has 1 atom stereocenters. The first-order valence-corrected chi connectivity index (χ1v) is 9.15. The number of carbonyl (C=O) groups excluding carboxylic acids is 2. The SMILES string of the molecule is CCC[C@H](NC(C)=O)C(=O)N1CCc2nc(-c3ccc(OC)nc3)[nH]c2C1. The van der Waals surface area contributed by atoms with Crippen LogP contribution in [0, 0.1) is 0 Å². The highest BCUT2D eigenvalue weighted by atomic mass is 16.5. The van der Waals surface area contributed by atoms with Gasteiger partial charge < -0.3 is 19.9 Å². The van der Waals surface area contributed by atoms with Crippen molar-refractivity contribution in [3.05, 3.63) is 29.7 Å². The van der Waals surface area contributed by atoms with Crippen molar-refractivity contribution in [2.24, 2.45) is 0 Å². The van der Waals surface area contributed by atoms with Gasteiger partial charge in [-0.2, -0.15) is 0 Å². The summed E-state index contributed by atoms with van der Waals surface area (Å²) in [6, 6.07) is 3.21. The van der Waals surface area contributed by atoms with Crippen molar-refractivity contribution in [2.75, 3.05) is 13.7 Å². The molecule has 1 aliphatic heterocycles. The van der Waals surface area contributed by atoms with Crippen LogP contribution in [0.2, 0.25) is 0 Å². The molecule has 2 amide bonds. The zero-order chi connectivity index (χ0) is 19.4. The van der Waals surface area contributed by atoms with Crippen LogP contribution >= 0.6 is 0 Å². The maximum atomic E-state index is 12.8. The second-order valence-electron chi connectivity index (χ2n) is 6.65. The van der Waals surface area contributed by atoms with Crippen LogP contribution in [0.3, 0.4) is 0 Å². The summed E-state index contributed by atoms with van der Waals surface area (Å²) in [7, 11) is 1.58. The molecule has 0 aromatic carbocycles. The molecule has 8 nitrogen and oxygen atoms in total. The Morgan fingerprint density at radius 2 is 2.22 bits per heavy atom. The van der Waals surface area contributed by atoms with E-state index in [1.54, 1.807) is 24.3 Å². The standard InChI is InChI=1S/C19H25N5O3/c1-4-5-15(21-12(2)25)19(26)24-9-8-14-16(11-24)23-18(22-14)13-6-7-17(27-3)20-10-13/h6-7,10,15H,4-5,8-9,11H2,1-3H3,(H,21,25)(H,22,23)/t15-/m0/s1. The molecule has 27 heavy (non-hydrogen) atoms. The minimum absolute atomic E-state index is 0.0417. The molecule has 0 saturated carbocycles. The van der Waals surface area contributed by atoms with Gasteiger partial charge in [-0.25, -0.2) is 9.97 Å². The first kappa shape index (κ1) is 18.9. The van der Waals surface area contributed by atoms with Crippen molar-refractivity contribution in [1.82, 2.24) is 25.2 Å². The third-order valence-corrected chi connectivity index (χ3v) is 4.62. The number of aromatic amines is 1. The molecule has 0 unspecified atom stereocenters. The number of aromatic nitrogens is 3. The fourth-order valence-electron chi connectivity index (χ4n) is 3.27. The molecule has 0 saturated heterocycles. The molecule has 8 heteroatoms. The highest BCUT2D eigenvalue weighted by molar-refractivity contribution is 5.87. The largest absolute Gasteiger partial charge is 0.481 e. The number of imidazole rings is 1. The van der Waals surface area contributed by atoms with Gasteiger partial charge in [-0.1, -0.05) is 13.3 Å². The van der Waals surface area contributed by atoms with Crippen LogP contribution in [0.4, 0.5) is 0 Å². The van der Waals surface area contributed by atoms with Gasteiger partial charge in [0, 0.05) is 37.7 Å². The third kappa shape index (κ3) is 4.27. The van der Waals surface area contributed by atoms with E-state index < -0.39 is 6.04 Å². The van der Waals surface area contributed by atoms with Crippen LogP contribution < -0.4 is 10.1 Å². The summed E-state index contributed by atoms with van der Waals surface area (Å²) in [6.45, 7) is 4.50. The number of fused-ring (bicyclic) bond motifs is 1. The fourth-order valence-corrected chi connectivity index (χ4v) is 3.27. The van der Waals surface area contributed by atoms with Gasteiger partial charge in [-0.3, -0.25) is 9.59 Å². The van der Waals surface area contributed by atoms with Gasteiger partial charge in [0.05, 0.1) is 25.0 Å². The van der Waals surface area contributed by atoms with E-state index in [2.05, 4.69) is 20.3 Å². The van der Waals surface area contributed by atoms with Crippen LogP contribution in [0.25, 0.3) is 11.4 Å². The number of nitrogens with one attached hydrogen (secondary N) is 2. The molecule has 2 N–H and O–H groups in total. The Morgan fingerprint density at radius 1 is 1.41 bits per heavy atom. The van der Waals surface area contributed by atoms with E-state index in [9.17, 15) is 9.59 Å². The molecule has 0 aliphatic carbocycles. The number of amides is 2. The van der Waals surface area contributed by atoms with Crippen molar-refractivity contribution in [2.45, 2.75) is 45.7 Å². The monoisotopic (exact) mass is 371 g/mol. The van der Waals surface area contributed by atoms with E-state index in [4.69, 9.17) is 4.74 Å². The maximum Gasteiger partial charge on any atom is 0.245 e. The molecule has 3 heterocycles. The number of methoxy groups -OCH3 is 1. The number of hydrogen-bond donors (Lipinski definition) is 2. The van der Waals surface area contributed by atoms with Gasteiger partial charge in [-0.05, 0) is 12.5 Å². The van der Waals surface area contributed by atoms with Crippen LogP contribution in [-0.4, -0.2) is 51.4 Å². The normalized spacial score (nSPS) is 14.4. The van der Waals surface area contributed by atoms with Crippen LogP contribution in [-0.2, 0) is 22.6 Å². The zero-order valence-electron chi connectivity index (χ0n) is 15.9. The van der Waals surface area contributed by atoms with E-state index in [0.29, 0.717) is 31.8 Å². The number of rotatable bonds is 6. The van der Waals surface area contributed by atoms with E-state index in [1.165, 1.54) is 6.92 Å². The van der Waals surface area contributed by atoms with E-state index in [1.807, 2.05) is 13.0 Å². The summed E-state index contributed by atoms with van der Waals surface area (Å²) in [5, 5.41) is 2.77. The molecular weight excluding hydrogens is 346 g/mol. The Labute approximate surface area is 158 Å². The fraction of sp³-hybridized carbons (Fsp3) is 0.474. The van der Waals surface area contributed by atoms with E-state index >= 15 is 0 Å². The molecule has 0 fully saturated rings. The molecule has 2 aromatic rings. The predicted octanol–water partition coefficient (Wildman–Crippen LogP) is 1.67. The van der Waals surface area contributed by atoms with Crippen molar-refractivity contribution in [1.29, 1.82) is 0 Å². The lowest BCUT2D eigenvalue weighted by Crippen LogP contribution is -2.49. The summed E-state index contributed by atoms with van der Waals surface area (Å²) in [5.74, 6) is 1.05. The topological polar surface area (TPSA) is 100 Å². The van der Waals surface area contributed by atoms with Gasteiger partial charge in [0.25, 0.3) is 0 Å². The second kappa shape index (κ2) is 8.20. The van der Waals surface area contributed by atoms with Gasteiger partial charge in [0.15, 0.2) is 0 Å². The maximum absolute atomic E-state index is 12.8. The Morgan fingerprint density at radius 3 is 2.85 bits per heavy atom. The number of nitrogens with zero attached hydrogens (tertiary/aromatic N) is 3. The predicted molar refractivity (Wildman–Crippen MR) is 100 cm³/mol. The van der Waals surface area contributed by atoms with Gasteiger partial charge in [-0.15, -0.1) is 0 Å². The van der Waals surface area contributed by atoms with Gasteiger partial charge in [0.1, 0.15) is 11.9 Å². The Bertz CT molecular complexity index is 815. The number of pyridine rings is 1. The highest BCUT2D eigenvalue weighted by Crippen LogP contribution is 2.24. The minimum Gasteiger partial charge on any atom is -0.481 e. The summed E-state index contributed by atoms with van der Waals surface area (Å²) >= 11 is 0. The summed E-state index contributed by atoms with van der Waals surface area (Å²) < 4.78 is 5.08. The average molecular weight is 371 g/mol. The first-order valence-electron chi connectivity index (χ1n) is 9.15. The number of carbonyl (C=O) groups is 2. The molecule has 2 aromatic heterocycles. The van der Waals surface area contributed by atoms with Crippen molar-refractivity contribution in [3.8, 4) is 17.3 Å². The van der Waals surface area contributed by atoms with E-state index in [-0.39, 0.29) is 11.8 Å². The van der Waals surface area contributed by atoms with Crippen LogP contribution in [0.5, 0.6) is 5.88 Å². The molecule has 3 rings (SSSR count). The number of hydrogen-bond acceptors (Lipinski definition) is 5. The smallest absolute Gasteiger partial charge is 0.245 e. The molecule has 1 aliphatic rings. The third-order valence-electron chi connectivity index (χ3n) is 4.62. The number of H-pyrrole nitrogens is 1. The molecule has 0 spiro atoms. The lowest BCUT2D eigenvalue weighted by molar-refractivity contribution is -0.137. The Hall–Kier alpha value is -2.90. The van der Waals surface area contributed by atoms with Gasteiger partial charge in [0.2, 0.25) is 17.7 Å². The molecular formula is C19H25N5O3. The van der Waals surface area contributed by atoms with Crippen LogP contribution in [0.1, 0.15) is 38.1 Å². The molecule has 0 bridgehead atoms. The summed E-state index contributed by atoms with van der Waals surface area (Å²) in [5.41, 5.74) is 2.76. The molecule has 144 valence electrons. The lowest BCUT2D eigenvalue weighted by Gasteiger charge is -2.30. The summed E-state index contributed by atoms with van der Waals surface area (Å²) in [6.07, 6.45) is 3.85. The van der Waals surface area contributed by atoms with E-state index in [0.717, 1.165) is 29.2 Å².